The molecule has 0 bridgehead atoms. The number of carbonyl (C=O) groups is 2. The van der Waals surface area contributed by atoms with Crippen molar-refractivity contribution in [3.63, 3.8) is 0 Å². The lowest BCUT2D eigenvalue weighted by Crippen LogP contribution is -2.51. The zero-order valence-electron chi connectivity index (χ0n) is 13.4. The van der Waals surface area contributed by atoms with E-state index in [0.29, 0.717) is 39.2 Å². The van der Waals surface area contributed by atoms with Gasteiger partial charge in [-0.25, -0.2) is 9.78 Å². The second-order valence-electron chi connectivity index (χ2n) is 5.40. The van der Waals surface area contributed by atoms with Gasteiger partial charge in [0.15, 0.2) is 0 Å². The van der Waals surface area contributed by atoms with Gasteiger partial charge >= 0.3 is 6.09 Å². The van der Waals surface area contributed by atoms with Gasteiger partial charge in [-0.3, -0.25) is 4.79 Å². The molecule has 0 atom stereocenters. The Morgan fingerprint density at radius 2 is 1.96 bits per heavy atom. The van der Waals surface area contributed by atoms with Gasteiger partial charge in [0.05, 0.1) is 18.7 Å². The Morgan fingerprint density at radius 3 is 2.62 bits per heavy atom. The fourth-order valence-electron chi connectivity index (χ4n) is 2.53. The maximum atomic E-state index is 12.4. The highest BCUT2D eigenvalue weighted by Crippen LogP contribution is 2.26. The minimum absolute atomic E-state index is 0.0562. The third-order valence-corrected chi connectivity index (χ3v) is 5.43. The molecule has 1 aliphatic rings. The van der Waals surface area contributed by atoms with Crippen LogP contribution in [0.3, 0.4) is 0 Å². The molecule has 1 aliphatic heterocycles. The Hall–Kier alpha value is -1.93. The first-order chi connectivity index (χ1) is 11.7. The lowest BCUT2D eigenvalue weighted by Gasteiger charge is -2.34. The largest absolute Gasteiger partial charge is 0.450 e. The molecule has 0 saturated carbocycles. The van der Waals surface area contributed by atoms with Crippen LogP contribution >= 0.6 is 22.7 Å². The average molecular weight is 365 g/mol. The number of thiophene rings is 1. The van der Waals surface area contributed by atoms with Crippen molar-refractivity contribution in [2.24, 2.45) is 0 Å². The van der Waals surface area contributed by atoms with Crippen molar-refractivity contribution in [3.8, 4) is 10.6 Å². The van der Waals surface area contributed by atoms with Crippen molar-refractivity contribution < 1.29 is 14.3 Å². The predicted molar refractivity (Wildman–Crippen MR) is 94.3 cm³/mol. The number of thiazole rings is 1. The summed E-state index contributed by atoms with van der Waals surface area (Å²) in [6.07, 6.45) is 0.00421. The molecule has 0 spiro atoms. The molecule has 128 valence electrons. The molecule has 0 N–H and O–H groups in total. The molecule has 3 rings (SSSR count). The lowest BCUT2D eigenvalue weighted by atomic mass is 10.2. The number of piperazine rings is 1. The topological polar surface area (TPSA) is 62.7 Å². The summed E-state index contributed by atoms with van der Waals surface area (Å²) in [4.78, 5) is 32.1. The van der Waals surface area contributed by atoms with Crippen molar-refractivity contribution in [2.75, 3.05) is 32.8 Å². The van der Waals surface area contributed by atoms with Crippen LogP contribution in [0.1, 0.15) is 12.6 Å². The third kappa shape index (κ3) is 3.93. The van der Waals surface area contributed by atoms with Crippen molar-refractivity contribution in [2.45, 2.75) is 13.3 Å². The summed E-state index contributed by atoms with van der Waals surface area (Å²) in [6.45, 7) is 4.27. The van der Waals surface area contributed by atoms with Gasteiger partial charge in [0.2, 0.25) is 5.91 Å². The smallest absolute Gasteiger partial charge is 0.409 e. The van der Waals surface area contributed by atoms with Crippen molar-refractivity contribution >= 4 is 34.7 Å². The molecule has 1 saturated heterocycles. The molecular weight excluding hydrogens is 346 g/mol. The van der Waals surface area contributed by atoms with Gasteiger partial charge in [0.1, 0.15) is 5.01 Å². The number of carbonyl (C=O) groups excluding carboxylic acids is 2. The standard InChI is InChI=1S/C16H19N3O3S2/c1-2-22-16(21)19-6-4-18(5-7-19)14(20)9-13-11-24-15(17-13)12-3-8-23-10-12/h3,8,10-11H,2,4-7,9H2,1H3. The van der Waals surface area contributed by atoms with E-state index in [1.165, 1.54) is 0 Å². The van der Waals surface area contributed by atoms with E-state index in [-0.39, 0.29) is 12.0 Å². The highest BCUT2D eigenvalue weighted by atomic mass is 32.1. The second kappa shape index (κ2) is 7.76. The molecule has 2 aromatic rings. The Balaban J connectivity index is 1.52. The van der Waals surface area contributed by atoms with Gasteiger partial charge in [-0.15, -0.1) is 11.3 Å². The first-order valence-electron chi connectivity index (χ1n) is 7.84. The average Bonchev–Trinajstić information content (AvgIpc) is 3.26. The molecule has 3 heterocycles. The SMILES string of the molecule is CCOC(=O)N1CCN(C(=O)Cc2csc(-c3ccsc3)n2)CC1. The fraction of sp³-hybridized carbons (Fsp3) is 0.438. The summed E-state index contributed by atoms with van der Waals surface area (Å²) >= 11 is 3.20. The molecule has 0 radical (unpaired) electrons. The zero-order valence-corrected chi connectivity index (χ0v) is 15.1. The lowest BCUT2D eigenvalue weighted by molar-refractivity contribution is -0.132. The van der Waals surface area contributed by atoms with Crippen molar-refractivity contribution in [1.29, 1.82) is 0 Å². The van der Waals surface area contributed by atoms with Crippen LogP contribution in [0, 0.1) is 0 Å². The number of hydrogen-bond acceptors (Lipinski definition) is 6. The van der Waals surface area contributed by atoms with Crippen LogP contribution in [0.15, 0.2) is 22.2 Å². The molecule has 1 fully saturated rings. The van der Waals surface area contributed by atoms with Gasteiger partial charge in [0.25, 0.3) is 0 Å². The summed E-state index contributed by atoms with van der Waals surface area (Å²) in [5.41, 5.74) is 1.91. The van der Waals surface area contributed by atoms with Gasteiger partial charge in [-0.1, -0.05) is 0 Å². The zero-order chi connectivity index (χ0) is 16.9. The Bertz CT molecular complexity index is 691. The van der Waals surface area contributed by atoms with Crippen LogP contribution in [-0.4, -0.2) is 59.6 Å². The van der Waals surface area contributed by atoms with Crippen molar-refractivity contribution in [1.82, 2.24) is 14.8 Å². The Morgan fingerprint density at radius 1 is 1.21 bits per heavy atom. The quantitative estimate of drug-likeness (QED) is 0.836. The van der Waals surface area contributed by atoms with E-state index >= 15 is 0 Å². The van der Waals surface area contributed by atoms with Crippen LogP contribution in [0.2, 0.25) is 0 Å². The Labute approximate surface area is 148 Å². The van der Waals surface area contributed by atoms with E-state index in [0.717, 1.165) is 16.3 Å². The summed E-state index contributed by atoms with van der Waals surface area (Å²) < 4.78 is 4.99. The molecular formula is C16H19N3O3S2. The van der Waals surface area contributed by atoms with E-state index in [9.17, 15) is 9.59 Å². The van der Waals surface area contributed by atoms with Gasteiger partial charge in [-0.05, 0) is 18.4 Å². The van der Waals surface area contributed by atoms with E-state index in [1.54, 1.807) is 39.4 Å². The molecule has 6 nitrogen and oxygen atoms in total. The summed E-state index contributed by atoms with van der Waals surface area (Å²) in [5, 5.41) is 6.97. The minimum Gasteiger partial charge on any atom is -0.450 e. The number of amides is 2. The third-order valence-electron chi connectivity index (χ3n) is 3.81. The maximum absolute atomic E-state index is 12.4. The number of hydrogen-bond donors (Lipinski definition) is 0. The molecule has 2 aromatic heterocycles. The first kappa shape index (κ1) is 16.9. The number of ether oxygens (including phenoxy) is 1. The summed E-state index contributed by atoms with van der Waals surface area (Å²) in [7, 11) is 0. The highest BCUT2D eigenvalue weighted by Gasteiger charge is 2.25. The van der Waals surface area contributed by atoms with Crippen LogP contribution in [-0.2, 0) is 16.0 Å². The predicted octanol–water partition coefficient (Wildman–Crippen LogP) is 2.71. The van der Waals surface area contributed by atoms with E-state index in [1.807, 2.05) is 16.8 Å². The fourth-order valence-corrected chi connectivity index (χ4v) is 4.06. The van der Waals surface area contributed by atoms with Gasteiger partial charge in [-0.2, -0.15) is 11.3 Å². The molecule has 0 aliphatic carbocycles. The van der Waals surface area contributed by atoms with E-state index < -0.39 is 0 Å². The van der Waals surface area contributed by atoms with Crippen LogP contribution in [0.5, 0.6) is 0 Å². The maximum Gasteiger partial charge on any atom is 0.409 e. The minimum atomic E-state index is -0.301. The van der Waals surface area contributed by atoms with Crippen molar-refractivity contribution in [3.05, 3.63) is 27.9 Å². The van der Waals surface area contributed by atoms with Gasteiger partial charge in [0, 0.05) is 42.5 Å². The first-order valence-corrected chi connectivity index (χ1v) is 9.66. The molecule has 2 amide bonds. The molecule has 8 heteroatoms. The number of rotatable bonds is 4. The normalized spacial score (nSPS) is 14.7. The highest BCUT2D eigenvalue weighted by molar-refractivity contribution is 7.14. The molecule has 0 aromatic carbocycles. The van der Waals surface area contributed by atoms with Gasteiger partial charge < -0.3 is 14.5 Å². The summed E-state index contributed by atoms with van der Waals surface area (Å²) in [6, 6.07) is 2.03. The second-order valence-corrected chi connectivity index (χ2v) is 7.04. The number of aromatic nitrogens is 1. The molecule has 24 heavy (non-hydrogen) atoms. The Kier molecular flexibility index (Phi) is 5.47. The van der Waals surface area contributed by atoms with Crippen LogP contribution < -0.4 is 0 Å². The van der Waals surface area contributed by atoms with E-state index in [2.05, 4.69) is 10.4 Å². The summed E-state index contributed by atoms with van der Waals surface area (Å²) in [5.74, 6) is 0.0562. The van der Waals surface area contributed by atoms with E-state index in [4.69, 9.17) is 4.74 Å². The monoisotopic (exact) mass is 365 g/mol. The molecule has 0 unspecified atom stereocenters. The van der Waals surface area contributed by atoms with Crippen LogP contribution in [0.4, 0.5) is 4.79 Å². The number of nitrogens with zero attached hydrogens (tertiary/aromatic N) is 3. The van der Waals surface area contributed by atoms with Crippen LogP contribution in [0.25, 0.3) is 10.6 Å².